The quantitative estimate of drug-likeness (QED) is 0.936. The molecule has 7 heteroatoms. The maximum Gasteiger partial charge on any atom is 0.328 e. The van der Waals surface area contributed by atoms with Gasteiger partial charge in [-0.1, -0.05) is 11.6 Å². The molecule has 0 unspecified atom stereocenters. The van der Waals surface area contributed by atoms with Crippen LogP contribution in [-0.4, -0.2) is 36.1 Å². The summed E-state index contributed by atoms with van der Waals surface area (Å²) in [5.41, 5.74) is 1.89. The Labute approximate surface area is 129 Å². The molecule has 2 aromatic rings. The average molecular weight is 308 g/mol. The molecule has 0 bridgehead atoms. The lowest BCUT2D eigenvalue weighted by Gasteiger charge is -2.13. The van der Waals surface area contributed by atoms with Crippen molar-refractivity contribution in [3.8, 4) is 11.8 Å². The second kappa shape index (κ2) is 6.13. The van der Waals surface area contributed by atoms with Crippen LogP contribution < -0.4 is 15.0 Å². The third-order valence-electron chi connectivity index (χ3n) is 2.85. The van der Waals surface area contributed by atoms with E-state index in [9.17, 15) is 0 Å². The first kappa shape index (κ1) is 15.3. The molecule has 0 saturated carbocycles. The first-order chi connectivity index (χ1) is 9.90. The molecule has 0 saturated heterocycles. The molecular weight excluding hydrogens is 290 g/mol. The van der Waals surface area contributed by atoms with Gasteiger partial charge in [-0.25, -0.2) is 0 Å². The SMILES string of the molecule is CNc1nc(Oc2cc(C)c(Cl)c(C)c2)nc(N(C)C)n1. The van der Waals surface area contributed by atoms with Crippen molar-refractivity contribution in [3.05, 3.63) is 28.3 Å². The number of halogens is 1. The zero-order valence-corrected chi connectivity index (χ0v) is 13.5. The summed E-state index contributed by atoms with van der Waals surface area (Å²) in [6.45, 7) is 3.86. The van der Waals surface area contributed by atoms with Crippen LogP contribution >= 0.6 is 11.6 Å². The average Bonchev–Trinajstić information content (AvgIpc) is 2.44. The van der Waals surface area contributed by atoms with Gasteiger partial charge in [0.05, 0.1) is 0 Å². The van der Waals surface area contributed by atoms with Gasteiger partial charge in [0.1, 0.15) is 5.75 Å². The van der Waals surface area contributed by atoms with Crippen LogP contribution in [0.4, 0.5) is 11.9 Å². The van der Waals surface area contributed by atoms with E-state index < -0.39 is 0 Å². The number of benzene rings is 1. The topological polar surface area (TPSA) is 63.2 Å². The Morgan fingerprint density at radius 2 is 1.71 bits per heavy atom. The fourth-order valence-corrected chi connectivity index (χ4v) is 1.88. The Bertz CT molecular complexity index is 637. The molecular formula is C14H18ClN5O. The van der Waals surface area contributed by atoms with Crippen molar-refractivity contribution in [1.82, 2.24) is 15.0 Å². The minimum absolute atomic E-state index is 0.235. The van der Waals surface area contributed by atoms with Crippen molar-refractivity contribution < 1.29 is 4.74 Å². The summed E-state index contributed by atoms with van der Waals surface area (Å²) in [5, 5.41) is 3.63. The van der Waals surface area contributed by atoms with Crippen molar-refractivity contribution >= 4 is 23.5 Å². The van der Waals surface area contributed by atoms with E-state index >= 15 is 0 Å². The molecule has 1 N–H and O–H groups in total. The molecule has 6 nitrogen and oxygen atoms in total. The highest BCUT2D eigenvalue weighted by Gasteiger charge is 2.11. The van der Waals surface area contributed by atoms with Gasteiger partial charge in [0.2, 0.25) is 11.9 Å². The predicted octanol–water partition coefficient (Wildman–Crippen LogP) is 3.04. The zero-order chi connectivity index (χ0) is 15.6. The van der Waals surface area contributed by atoms with E-state index in [0.29, 0.717) is 17.6 Å². The van der Waals surface area contributed by atoms with Crippen molar-refractivity contribution in [3.63, 3.8) is 0 Å². The van der Waals surface area contributed by atoms with Gasteiger partial charge in [0, 0.05) is 26.2 Å². The van der Waals surface area contributed by atoms with Crippen LogP contribution in [0.2, 0.25) is 5.02 Å². The minimum atomic E-state index is 0.235. The maximum atomic E-state index is 6.15. The Morgan fingerprint density at radius 1 is 1.10 bits per heavy atom. The summed E-state index contributed by atoms with van der Waals surface area (Å²) in [5.74, 6) is 1.62. The van der Waals surface area contributed by atoms with Gasteiger partial charge < -0.3 is 15.0 Å². The van der Waals surface area contributed by atoms with E-state index in [0.717, 1.165) is 16.1 Å². The monoisotopic (exact) mass is 307 g/mol. The lowest BCUT2D eigenvalue weighted by Crippen LogP contribution is -2.15. The Morgan fingerprint density at radius 3 is 2.24 bits per heavy atom. The molecule has 0 spiro atoms. The van der Waals surface area contributed by atoms with E-state index in [1.165, 1.54) is 0 Å². The Kier molecular flexibility index (Phi) is 4.47. The number of rotatable bonds is 4. The molecule has 0 aliphatic rings. The van der Waals surface area contributed by atoms with E-state index in [2.05, 4.69) is 20.3 Å². The largest absolute Gasteiger partial charge is 0.424 e. The highest BCUT2D eigenvalue weighted by Crippen LogP contribution is 2.28. The van der Waals surface area contributed by atoms with Crippen molar-refractivity contribution in [2.45, 2.75) is 13.8 Å². The molecule has 1 aromatic carbocycles. The van der Waals surface area contributed by atoms with Crippen LogP contribution in [0.25, 0.3) is 0 Å². The van der Waals surface area contributed by atoms with Crippen molar-refractivity contribution in [2.75, 3.05) is 31.4 Å². The highest BCUT2D eigenvalue weighted by atomic mass is 35.5. The van der Waals surface area contributed by atoms with Crippen LogP contribution in [0.3, 0.4) is 0 Å². The fraction of sp³-hybridized carbons (Fsp3) is 0.357. The number of hydrogen-bond acceptors (Lipinski definition) is 6. The van der Waals surface area contributed by atoms with E-state index in [-0.39, 0.29) is 6.01 Å². The number of anilines is 2. The first-order valence-corrected chi connectivity index (χ1v) is 6.84. The highest BCUT2D eigenvalue weighted by molar-refractivity contribution is 6.32. The molecule has 0 aliphatic carbocycles. The number of ether oxygens (including phenoxy) is 1. The Hall–Kier alpha value is -2.08. The number of aryl methyl sites for hydroxylation is 2. The van der Waals surface area contributed by atoms with Gasteiger partial charge >= 0.3 is 6.01 Å². The summed E-state index contributed by atoms with van der Waals surface area (Å²) >= 11 is 6.15. The summed E-state index contributed by atoms with van der Waals surface area (Å²) in [4.78, 5) is 14.5. The summed E-state index contributed by atoms with van der Waals surface area (Å²) in [7, 11) is 5.46. The van der Waals surface area contributed by atoms with Gasteiger partial charge in [-0.3, -0.25) is 0 Å². The maximum absolute atomic E-state index is 6.15. The van der Waals surface area contributed by atoms with Crippen LogP contribution in [0.1, 0.15) is 11.1 Å². The minimum Gasteiger partial charge on any atom is -0.424 e. The van der Waals surface area contributed by atoms with Crippen molar-refractivity contribution in [2.24, 2.45) is 0 Å². The molecule has 1 heterocycles. The molecule has 1 aromatic heterocycles. The summed E-state index contributed by atoms with van der Waals surface area (Å²) < 4.78 is 5.74. The lowest BCUT2D eigenvalue weighted by molar-refractivity contribution is 0.440. The standard InChI is InChI=1S/C14H18ClN5O/c1-8-6-10(7-9(2)11(8)15)21-14-18-12(16-3)17-13(19-14)20(4)5/h6-7H,1-5H3,(H,16,17,18,19). The second-order valence-corrected chi connectivity index (χ2v) is 5.24. The van der Waals surface area contributed by atoms with Gasteiger partial charge in [0.15, 0.2) is 0 Å². The second-order valence-electron chi connectivity index (χ2n) is 4.86. The summed E-state index contributed by atoms with van der Waals surface area (Å²) in [6.07, 6.45) is 0. The van der Waals surface area contributed by atoms with E-state index in [1.54, 1.807) is 11.9 Å². The van der Waals surface area contributed by atoms with Crippen LogP contribution in [0.15, 0.2) is 12.1 Å². The molecule has 0 atom stereocenters. The van der Waals surface area contributed by atoms with E-state index in [1.807, 2.05) is 40.1 Å². The Balaban J connectivity index is 2.37. The molecule has 2 rings (SSSR count). The van der Waals surface area contributed by atoms with Crippen LogP contribution in [0.5, 0.6) is 11.8 Å². The fourth-order valence-electron chi connectivity index (χ4n) is 1.77. The number of hydrogen-bond donors (Lipinski definition) is 1. The van der Waals surface area contributed by atoms with Gasteiger partial charge in [-0.05, 0) is 37.1 Å². The van der Waals surface area contributed by atoms with Crippen molar-refractivity contribution in [1.29, 1.82) is 0 Å². The zero-order valence-electron chi connectivity index (χ0n) is 12.7. The molecule has 0 radical (unpaired) electrons. The van der Waals surface area contributed by atoms with Gasteiger partial charge in [0.25, 0.3) is 0 Å². The molecule has 0 amide bonds. The third kappa shape index (κ3) is 3.52. The van der Waals surface area contributed by atoms with Gasteiger partial charge in [-0.2, -0.15) is 15.0 Å². The molecule has 0 fully saturated rings. The number of nitrogens with zero attached hydrogens (tertiary/aromatic N) is 4. The summed E-state index contributed by atoms with van der Waals surface area (Å²) in [6, 6.07) is 3.94. The molecule has 21 heavy (non-hydrogen) atoms. The predicted molar refractivity (Wildman–Crippen MR) is 84.7 cm³/mol. The number of aromatic nitrogens is 3. The van der Waals surface area contributed by atoms with E-state index in [4.69, 9.17) is 16.3 Å². The smallest absolute Gasteiger partial charge is 0.328 e. The first-order valence-electron chi connectivity index (χ1n) is 6.46. The third-order valence-corrected chi connectivity index (χ3v) is 3.44. The lowest BCUT2D eigenvalue weighted by atomic mass is 10.1. The molecule has 112 valence electrons. The van der Waals surface area contributed by atoms with Gasteiger partial charge in [-0.15, -0.1) is 0 Å². The normalized spacial score (nSPS) is 10.4. The van der Waals surface area contributed by atoms with Crippen LogP contribution in [0, 0.1) is 13.8 Å². The van der Waals surface area contributed by atoms with Crippen LogP contribution in [-0.2, 0) is 0 Å². The molecule has 0 aliphatic heterocycles. The number of nitrogens with one attached hydrogen (secondary N) is 1.